The van der Waals surface area contributed by atoms with Crippen LogP contribution in [0.15, 0.2) is 52.0 Å². The number of nitrogens with one attached hydrogen (secondary N) is 1. The molecule has 0 unspecified atom stereocenters. The average Bonchev–Trinajstić information content (AvgIpc) is 3.29. The average molecular weight is 400 g/mol. The highest BCUT2D eigenvalue weighted by atomic mass is 35.5. The fraction of sp³-hybridized carbons (Fsp3) is 0.353. The van der Waals surface area contributed by atoms with Crippen molar-refractivity contribution in [3.8, 4) is 0 Å². The molecule has 0 spiro atoms. The standard InChI is InChI=1S/C17H21N3O4S.ClH/c1-19-25(22,23)16-8-7-15(24-16)17(21)20-10-13(9-18)14(11-20)12-5-3-2-4-6-12;/h2-8,13-14,19H,9-11,18H2,1H3;1H/t13-,14+;/m1./s1. The van der Waals surface area contributed by atoms with Crippen LogP contribution in [-0.4, -0.2) is 45.9 Å². The number of carbonyl (C=O) groups excluding carboxylic acids is 1. The van der Waals surface area contributed by atoms with Gasteiger partial charge in [0.1, 0.15) is 0 Å². The fourth-order valence-corrected chi connectivity index (χ4v) is 3.84. The third-order valence-corrected chi connectivity index (χ3v) is 5.87. The second-order valence-electron chi connectivity index (χ2n) is 6.05. The molecule has 1 fully saturated rings. The Morgan fingerprint density at radius 3 is 2.54 bits per heavy atom. The molecule has 0 radical (unpaired) electrons. The molecule has 7 nitrogen and oxygen atoms in total. The van der Waals surface area contributed by atoms with Crippen LogP contribution in [0.3, 0.4) is 0 Å². The smallest absolute Gasteiger partial charge is 0.289 e. The molecular weight excluding hydrogens is 378 g/mol. The van der Waals surface area contributed by atoms with Crippen LogP contribution in [0.4, 0.5) is 0 Å². The van der Waals surface area contributed by atoms with Gasteiger partial charge in [0.25, 0.3) is 15.9 Å². The lowest BCUT2D eigenvalue weighted by Gasteiger charge is -2.16. The maximum Gasteiger partial charge on any atom is 0.289 e. The Kier molecular flexibility index (Phi) is 6.46. The first-order chi connectivity index (χ1) is 12.0. The highest BCUT2D eigenvalue weighted by molar-refractivity contribution is 7.89. The molecule has 1 amide bonds. The molecular formula is C17H22ClN3O4S. The Balaban J connectivity index is 0.00000243. The number of rotatable bonds is 5. The minimum atomic E-state index is -3.71. The first-order valence-corrected chi connectivity index (χ1v) is 9.52. The molecule has 2 heterocycles. The van der Waals surface area contributed by atoms with Gasteiger partial charge in [0.2, 0.25) is 5.09 Å². The van der Waals surface area contributed by atoms with Crippen LogP contribution >= 0.6 is 12.4 Å². The quantitative estimate of drug-likeness (QED) is 0.791. The first-order valence-electron chi connectivity index (χ1n) is 8.04. The number of benzene rings is 1. The van der Waals surface area contributed by atoms with E-state index in [0.717, 1.165) is 5.56 Å². The number of nitrogens with zero attached hydrogens (tertiary/aromatic N) is 1. The summed E-state index contributed by atoms with van der Waals surface area (Å²) in [6, 6.07) is 12.6. The zero-order valence-corrected chi connectivity index (χ0v) is 15.9. The van der Waals surface area contributed by atoms with E-state index in [2.05, 4.69) is 4.72 Å². The molecule has 1 aliphatic heterocycles. The molecule has 1 saturated heterocycles. The van der Waals surface area contributed by atoms with E-state index in [1.54, 1.807) is 4.90 Å². The maximum absolute atomic E-state index is 12.7. The Hall–Kier alpha value is -1.87. The van der Waals surface area contributed by atoms with E-state index in [1.807, 2.05) is 30.3 Å². The summed E-state index contributed by atoms with van der Waals surface area (Å²) in [5, 5.41) is -0.271. The van der Waals surface area contributed by atoms with Crippen LogP contribution in [0.1, 0.15) is 22.0 Å². The van der Waals surface area contributed by atoms with Crippen LogP contribution in [0, 0.1) is 5.92 Å². The van der Waals surface area contributed by atoms with E-state index in [9.17, 15) is 13.2 Å². The Bertz CT molecular complexity index is 854. The number of likely N-dealkylation sites (tertiary alicyclic amines) is 1. The number of sulfonamides is 1. The van der Waals surface area contributed by atoms with Gasteiger partial charge in [0.05, 0.1) is 0 Å². The fourth-order valence-electron chi connectivity index (χ4n) is 3.19. The zero-order valence-electron chi connectivity index (χ0n) is 14.3. The summed E-state index contributed by atoms with van der Waals surface area (Å²) in [6.07, 6.45) is 0. The molecule has 1 aromatic carbocycles. The highest BCUT2D eigenvalue weighted by Gasteiger charge is 2.36. The largest absolute Gasteiger partial charge is 0.438 e. The van der Waals surface area contributed by atoms with Crippen molar-refractivity contribution in [2.75, 3.05) is 26.7 Å². The third kappa shape index (κ3) is 3.93. The predicted octanol–water partition coefficient (Wildman–Crippen LogP) is 1.42. The number of hydrogen-bond acceptors (Lipinski definition) is 5. The van der Waals surface area contributed by atoms with Crippen molar-refractivity contribution < 1.29 is 17.6 Å². The van der Waals surface area contributed by atoms with Gasteiger partial charge >= 0.3 is 0 Å². The summed E-state index contributed by atoms with van der Waals surface area (Å²) in [5.41, 5.74) is 7.04. The summed E-state index contributed by atoms with van der Waals surface area (Å²) >= 11 is 0. The van der Waals surface area contributed by atoms with Gasteiger partial charge in [0, 0.05) is 19.0 Å². The molecule has 142 valence electrons. The molecule has 9 heteroatoms. The summed E-state index contributed by atoms with van der Waals surface area (Å²) in [4.78, 5) is 14.4. The molecule has 3 rings (SSSR count). The number of carbonyl (C=O) groups is 1. The van der Waals surface area contributed by atoms with E-state index in [1.165, 1.54) is 19.2 Å². The maximum atomic E-state index is 12.7. The van der Waals surface area contributed by atoms with Crippen LogP contribution < -0.4 is 10.5 Å². The zero-order chi connectivity index (χ0) is 18.0. The van der Waals surface area contributed by atoms with Crippen molar-refractivity contribution in [2.45, 2.75) is 11.0 Å². The normalized spacial score (nSPS) is 20.0. The molecule has 0 aliphatic carbocycles. The van der Waals surface area contributed by atoms with E-state index < -0.39 is 10.0 Å². The Morgan fingerprint density at radius 2 is 1.92 bits per heavy atom. The van der Waals surface area contributed by atoms with Crippen molar-refractivity contribution in [1.29, 1.82) is 0 Å². The van der Waals surface area contributed by atoms with Crippen molar-refractivity contribution in [3.63, 3.8) is 0 Å². The van der Waals surface area contributed by atoms with Gasteiger partial charge in [-0.15, -0.1) is 12.4 Å². The van der Waals surface area contributed by atoms with Crippen LogP contribution in [0.5, 0.6) is 0 Å². The van der Waals surface area contributed by atoms with Gasteiger partial charge in [-0.3, -0.25) is 4.79 Å². The minimum absolute atomic E-state index is 0. The highest BCUT2D eigenvalue weighted by Crippen LogP contribution is 2.33. The third-order valence-electron chi connectivity index (χ3n) is 4.58. The lowest BCUT2D eigenvalue weighted by molar-refractivity contribution is 0.0749. The summed E-state index contributed by atoms with van der Waals surface area (Å²) in [6.45, 7) is 1.52. The lowest BCUT2D eigenvalue weighted by Crippen LogP contribution is -2.29. The summed E-state index contributed by atoms with van der Waals surface area (Å²) < 4.78 is 30.9. The Morgan fingerprint density at radius 1 is 1.23 bits per heavy atom. The number of hydrogen-bond donors (Lipinski definition) is 2. The lowest BCUT2D eigenvalue weighted by atomic mass is 9.89. The van der Waals surface area contributed by atoms with Crippen LogP contribution in [-0.2, 0) is 10.0 Å². The molecule has 0 bridgehead atoms. The number of amides is 1. The number of furan rings is 1. The Labute approximate surface area is 159 Å². The van der Waals surface area contributed by atoms with Crippen molar-refractivity contribution >= 4 is 28.3 Å². The second kappa shape index (κ2) is 8.22. The molecule has 26 heavy (non-hydrogen) atoms. The topological polar surface area (TPSA) is 106 Å². The van der Waals surface area contributed by atoms with Crippen LogP contribution in [0.25, 0.3) is 0 Å². The van der Waals surface area contributed by atoms with Gasteiger partial charge in [-0.25, -0.2) is 13.1 Å². The molecule has 1 aliphatic rings. The van der Waals surface area contributed by atoms with Crippen LogP contribution in [0.2, 0.25) is 0 Å². The molecule has 3 N–H and O–H groups in total. The predicted molar refractivity (Wildman–Crippen MR) is 99.8 cm³/mol. The molecule has 2 atom stereocenters. The first kappa shape index (κ1) is 20.4. The summed E-state index contributed by atoms with van der Waals surface area (Å²) in [7, 11) is -2.42. The summed E-state index contributed by atoms with van der Waals surface area (Å²) in [5.74, 6) is 0.000176. The number of halogens is 1. The number of nitrogens with two attached hydrogens (primary N) is 1. The van der Waals surface area contributed by atoms with Gasteiger partial charge in [-0.1, -0.05) is 30.3 Å². The SMILES string of the molecule is CNS(=O)(=O)c1ccc(C(=O)N2C[C@@H](CN)[C@H](c3ccccc3)C2)o1.Cl. The molecule has 1 aromatic heterocycles. The van der Waals surface area contributed by atoms with Gasteiger partial charge in [-0.05, 0) is 37.2 Å². The molecule has 2 aromatic rings. The van der Waals surface area contributed by atoms with Gasteiger partial charge in [0.15, 0.2) is 5.76 Å². The van der Waals surface area contributed by atoms with Crippen molar-refractivity contribution in [2.24, 2.45) is 11.7 Å². The van der Waals surface area contributed by atoms with E-state index in [4.69, 9.17) is 10.2 Å². The molecule has 0 saturated carbocycles. The van der Waals surface area contributed by atoms with E-state index in [0.29, 0.717) is 19.6 Å². The van der Waals surface area contributed by atoms with E-state index in [-0.39, 0.29) is 41.0 Å². The van der Waals surface area contributed by atoms with Gasteiger partial charge in [-0.2, -0.15) is 0 Å². The van der Waals surface area contributed by atoms with Gasteiger partial charge < -0.3 is 15.1 Å². The second-order valence-corrected chi connectivity index (χ2v) is 7.87. The van der Waals surface area contributed by atoms with Crippen molar-refractivity contribution in [1.82, 2.24) is 9.62 Å². The monoisotopic (exact) mass is 399 g/mol. The van der Waals surface area contributed by atoms with Crippen molar-refractivity contribution in [3.05, 3.63) is 53.8 Å². The minimum Gasteiger partial charge on any atom is -0.438 e. The van der Waals surface area contributed by atoms with E-state index >= 15 is 0 Å².